The SMILES string of the molecule is CC1CN(CCC(C)(C)C#N)CC(C)S1. The standard InChI is InChI=1S/C12H22N2S/c1-10-7-14(8-11(2)15-10)6-5-12(3,4)9-13/h10-11H,5-8H2,1-4H3. The minimum absolute atomic E-state index is 0.170. The number of thioether (sulfide) groups is 1. The quantitative estimate of drug-likeness (QED) is 0.740. The molecule has 86 valence electrons. The molecule has 0 saturated carbocycles. The largest absolute Gasteiger partial charge is 0.301 e. The summed E-state index contributed by atoms with van der Waals surface area (Å²) in [6.45, 7) is 12.1. The van der Waals surface area contributed by atoms with Crippen LogP contribution in [0, 0.1) is 16.7 Å². The minimum atomic E-state index is -0.170. The van der Waals surface area contributed by atoms with Crippen molar-refractivity contribution >= 4 is 11.8 Å². The lowest BCUT2D eigenvalue weighted by Gasteiger charge is -2.35. The number of hydrogen-bond donors (Lipinski definition) is 0. The van der Waals surface area contributed by atoms with Gasteiger partial charge in [0.05, 0.1) is 11.5 Å². The molecule has 0 radical (unpaired) electrons. The highest BCUT2D eigenvalue weighted by Gasteiger charge is 2.24. The van der Waals surface area contributed by atoms with Crippen LogP contribution >= 0.6 is 11.8 Å². The van der Waals surface area contributed by atoms with Crippen molar-refractivity contribution in [1.82, 2.24) is 4.90 Å². The van der Waals surface area contributed by atoms with Crippen LogP contribution in [0.3, 0.4) is 0 Å². The van der Waals surface area contributed by atoms with Crippen LogP contribution in [0.25, 0.3) is 0 Å². The Balaban J connectivity index is 2.36. The average molecular weight is 226 g/mol. The van der Waals surface area contributed by atoms with Crippen molar-refractivity contribution in [3.8, 4) is 6.07 Å². The molecule has 0 aromatic carbocycles. The Morgan fingerprint density at radius 3 is 2.33 bits per heavy atom. The lowest BCUT2D eigenvalue weighted by atomic mass is 9.91. The van der Waals surface area contributed by atoms with E-state index in [-0.39, 0.29) is 5.41 Å². The van der Waals surface area contributed by atoms with Crippen LogP contribution in [0.5, 0.6) is 0 Å². The lowest BCUT2D eigenvalue weighted by molar-refractivity contribution is 0.240. The van der Waals surface area contributed by atoms with E-state index in [0.29, 0.717) is 0 Å². The summed E-state index contributed by atoms with van der Waals surface area (Å²) in [5, 5.41) is 10.4. The van der Waals surface area contributed by atoms with Crippen LogP contribution < -0.4 is 0 Å². The molecule has 15 heavy (non-hydrogen) atoms. The second-order valence-corrected chi connectivity index (χ2v) is 7.14. The Morgan fingerprint density at radius 2 is 1.87 bits per heavy atom. The summed E-state index contributed by atoms with van der Waals surface area (Å²) in [6.07, 6.45) is 0.980. The summed E-state index contributed by atoms with van der Waals surface area (Å²) in [6, 6.07) is 2.37. The Labute approximate surface area is 98.0 Å². The molecule has 0 bridgehead atoms. The van der Waals surface area contributed by atoms with E-state index in [9.17, 15) is 0 Å². The Bertz CT molecular complexity index is 234. The fourth-order valence-electron chi connectivity index (χ4n) is 1.96. The van der Waals surface area contributed by atoms with Crippen molar-refractivity contribution in [2.75, 3.05) is 19.6 Å². The predicted octanol–water partition coefficient (Wildman–Crippen LogP) is 2.75. The Morgan fingerprint density at radius 1 is 1.33 bits per heavy atom. The highest BCUT2D eigenvalue weighted by molar-refractivity contribution is 8.00. The number of hydrogen-bond acceptors (Lipinski definition) is 3. The van der Waals surface area contributed by atoms with E-state index in [2.05, 4.69) is 36.6 Å². The van der Waals surface area contributed by atoms with Crippen molar-refractivity contribution in [1.29, 1.82) is 5.26 Å². The molecule has 1 saturated heterocycles. The third-order valence-electron chi connectivity index (χ3n) is 2.85. The molecule has 0 aromatic heterocycles. The van der Waals surface area contributed by atoms with E-state index < -0.39 is 0 Å². The molecule has 0 spiro atoms. The first-order chi connectivity index (χ1) is 6.93. The topological polar surface area (TPSA) is 27.0 Å². The maximum absolute atomic E-state index is 8.95. The van der Waals surface area contributed by atoms with Gasteiger partial charge in [0.2, 0.25) is 0 Å². The van der Waals surface area contributed by atoms with E-state index in [4.69, 9.17) is 5.26 Å². The van der Waals surface area contributed by atoms with Crippen molar-refractivity contribution in [2.24, 2.45) is 5.41 Å². The van der Waals surface area contributed by atoms with Crippen molar-refractivity contribution in [2.45, 2.75) is 44.6 Å². The minimum Gasteiger partial charge on any atom is -0.301 e. The second-order valence-electron chi connectivity index (χ2n) is 5.26. The zero-order chi connectivity index (χ0) is 11.5. The van der Waals surface area contributed by atoms with Crippen LogP contribution in [-0.2, 0) is 0 Å². The van der Waals surface area contributed by atoms with E-state index in [1.165, 1.54) is 13.1 Å². The van der Waals surface area contributed by atoms with Gasteiger partial charge in [0.1, 0.15) is 0 Å². The van der Waals surface area contributed by atoms with Gasteiger partial charge in [-0.2, -0.15) is 17.0 Å². The molecule has 1 aliphatic heterocycles. The number of nitriles is 1. The first-order valence-corrected chi connectivity index (χ1v) is 6.66. The fraction of sp³-hybridized carbons (Fsp3) is 0.917. The van der Waals surface area contributed by atoms with Gasteiger partial charge in [-0.1, -0.05) is 13.8 Å². The molecule has 2 unspecified atom stereocenters. The molecule has 3 heteroatoms. The molecule has 0 aromatic rings. The van der Waals surface area contributed by atoms with Gasteiger partial charge in [-0.15, -0.1) is 0 Å². The highest BCUT2D eigenvalue weighted by Crippen LogP contribution is 2.26. The molecule has 1 rings (SSSR count). The summed E-state index contributed by atoms with van der Waals surface area (Å²) in [7, 11) is 0. The summed E-state index contributed by atoms with van der Waals surface area (Å²) < 4.78 is 0. The maximum Gasteiger partial charge on any atom is 0.0684 e. The molecule has 0 amide bonds. The first kappa shape index (κ1) is 12.9. The van der Waals surface area contributed by atoms with E-state index in [1.807, 2.05) is 13.8 Å². The van der Waals surface area contributed by atoms with Gasteiger partial charge >= 0.3 is 0 Å². The second kappa shape index (κ2) is 5.23. The Kier molecular flexibility index (Phi) is 4.48. The molecule has 1 aliphatic rings. The molecule has 0 aliphatic carbocycles. The van der Waals surface area contributed by atoms with Crippen molar-refractivity contribution in [3.05, 3.63) is 0 Å². The molecular weight excluding hydrogens is 204 g/mol. The van der Waals surface area contributed by atoms with Crippen LogP contribution in [0.1, 0.15) is 34.1 Å². The zero-order valence-electron chi connectivity index (χ0n) is 10.3. The monoisotopic (exact) mass is 226 g/mol. The van der Waals surface area contributed by atoms with Crippen LogP contribution in [0.15, 0.2) is 0 Å². The van der Waals surface area contributed by atoms with Gasteiger partial charge in [0.15, 0.2) is 0 Å². The summed E-state index contributed by atoms with van der Waals surface area (Å²) in [5.74, 6) is 0. The van der Waals surface area contributed by atoms with E-state index in [1.54, 1.807) is 0 Å². The third kappa shape index (κ3) is 4.44. The van der Waals surface area contributed by atoms with Gasteiger partial charge in [-0.3, -0.25) is 0 Å². The van der Waals surface area contributed by atoms with Crippen molar-refractivity contribution in [3.63, 3.8) is 0 Å². The lowest BCUT2D eigenvalue weighted by Crippen LogP contribution is -2.41. The molecule has 2 nitrogen and oxygen atoms in total. The maximum atomic E-state index is 8.95. The average Bonchev–Trinajstić information content (AvgIpc) is 2.14. The van der Waals surface area contributed by atoms with E-state index in [0.717, 1.165) is 23.5 Å². The fourth-order valence-corrected chi connectivity index (χ4v) is 3.35. The van der Waals surface area contributed by atoms with Crippen LogP contribution in [0.4, 0.5) is 0 Å². The summed E-state index contributed by atoms with van der Waals surface area (Å²) >= 11 is 2.08. The van der Waals surface area contributed by atoms with Gasteiger partial charge in [0, 0.05) is 23.6 Å². The smallest absolute Gasteiger partial charge is 0.0684 e. The van der Waals surface area contributed by atoms with Gasteiger partial charge < -0.3 is 4.90 Å². The number of rotatable bonds is 3. The molecule has 1 fully saturated rings. The van der Waals surface area contributed by atoms with Gasteiger partial charge in [-0.05, 0) is 26.8 Å². The van der Waals surface area contributed by atoms with Gasteiger partial charge in [0.25, 0.3) is 0 Å². The van der Waals surface area contributed by atoms with Crippen LogP contribution in [-0.4, -0.2) is 35.0 Å². The third-order valence-corrected chi connectivity index (χ3v) is 4.08. The Hall–Kier alpha value is -0.200. The molecule has 2 atom stereocenters. The number of nitrogens with zero attached hydrogens (tertiary/aromatic N) is 2. The molecule has 1 heterocycles. The van der Waals surface area contributed by atoms with Gasteiger partial charge in [-0.25, -0.2) is 0 Å². The van der Waals surface area contributed by atoms with E-state index >= 15 is 0 Å². The highest BCUT2D eigenvalue weighted by atomic mass is 32.2. The first-order valence-electron chi connectivity index (χ1n) is 5.72. The summed E-state index contributed by atoms with van der Waals surface area (Å²) in [5.41, 5.74) is -0.170. The molecule has 0 N–H and O–H groups in total. The normalized spacial score (nSPS) is 28.7. The molecular formula is C12H22N2S. The van der Waals surface area contributed by atoms with Crippen molar-refractivity contribution < 1.29 is 0 Å². The van der Waals surface area contributed by atoms with Crippen LogP contribution in [0.2, 0.25) is 0 Å². The predicted molar refractivity (Wildman–Crippen MR) is 67.0 cm³/mol. The summed E-state index contributed by atoms with van der Waals surface area (Å²) in [4.78, 5) is 2.50. The zero-order valence-corrected chi connectivity index (χ0v) is 11.1.